The summed E-state index contributed by atoms with van der Waals surface area (Å²) in [4.78, 5) is 25.7. The molecule has 31 heavy (non-hydrogen) atoms. The van der Waals surface area contributed by atoms with Crippen LogP contribution < -0.4 is 0 Å². The van der Waals surface area contributed by atoms with Crippen LogP contribution in [0.15, 0.2) is 18.3 Å². The van der Waals surface area contributed by atoms with Crippen LogP contribution in [0.3, 0.4) is 0 Å². The standard InChI is InChI=1S/C21H16Cl2F3N3O2/c22-15-6-11(21(24,25)26)7-16(23)18(15)29-9-14(17(8-27)28-29)20(31)13-5-4-12(13)19(30)10-2-1-3-10/h6-7,9-10,12-13H,1-5H2. The van der Waals surface area contributed by atoms with Crippen LogP contribution in [0.2, 0.25) is 10.0 Å². The smallest absolute Gasteiger partial charge is 0.299 e. The molecule has 0 saturated heterocycles. The molecule has 5 nitrogen and oxygen atoms in total. The van der Waals surface area contributed by atoms with Crippen molar-refractivity contribution < 1.29 is 22.8 Å². The maximum Gasteiger partial charge on any atom is 0.416 e. The normalized spacial score (nSPS) is 21.2. The molecule has 2 aliphatic rings. The molecule has 0 N–H and O–H groups in total. The summed E-state index contributed by atoms with van der Waals surface area (Å²) >= 11 is 12.0. The average Bonchev–Trinajstić information content (AvgIpc) is 3.01. The van der Waals surface area contributed by atoms with E-state index in [0.29, 0.717) is 25.0 Å². The van der Waals surface area contributed by atoms with Gasteiger partial charge in [-0.05, 0) is 37.8 Å². The Hall–Kier alpha value is -2.37. The third-order valence-corrected chi connectivity index (χ3v) is 6.72. The molecule has 2 aliphatic carbocycles. The van der Waals surface area contributed by atoms with E-state index in [2.05, 4.69) is 5.10 Å². The third kappa shape index (κ3) is 3.85. The Morgan fingerprint density at radius 2 is 1.71 bits per heavy atom. The molecule has 162 valence electrons. The summed E-state index contributed by atoms with van der Waals surface area (Å²) in [6.45, 7) is 0. The van der Waals surface area contributed by atoms with E-state index in [0.717, 1.165) is 23.9 Å². The first kappa shape index (κ1) is 21.8. The third-order valence-electron chi connectivity index (χ3n) is 6.14. The van der Waals surface area contributed by atoms with Gasteiger partial charge < -0.3 is 0 Å². The van der Waals surface area contributed by atoms with Crippen molar-refractivity contribution in [2.45, 2.75) is 38.3 Å². The molecule has 2 fully saturated rings. The predicted molar refractivity (Wildman–Crippen MR) is 106 cm³/mol. The Morgan fingerprint density at radius 3 is 2.16 bits per heavy atom. The number of carbonyl (C=O) groups excluding carboxylic acids is 2. The highest BCUT2D eigenvalue weighted by molar-refractivity contribution is 6.37. The van der Waals surface area contributed by atoms with E-state index in [-0.39, 0.29) is 50.4 Å². The quantitative estimate of drug-likeness (QED) is 0.530. The average molecular weight is 470 g/mol. The molecular weight excluding hydrogens is 454 g/mol. The van der Waals surface area contributed by atoms with Crippen molar-refractivity contribution in [3.63, 3.8) is 0 Å². The van der Waals surface area contributed by atoms with Gasteiger partial charge in [0, 0.05) is 24.0 Å². The number of halogens is 5. The fraction of sp³-hybridized carbons (Fsp3) is 0.429. The Bertz CT molecular complexity index is 1090. The number of nitriles is 1. The molecule has 0 spiro atoms. The summed E-state index contributed by atoms with van der Waals surface area (Å²) in [5.74, 6) is -1.12. The molecule has 0 radical (unpaired) electrons. The number of carbonyl (C=O) groups is 2. The van der Waals surface area contributed by atoms with E-state index in [9.17, 15) is 28.0 Å². The second-order valence-corrected chi connectivity index (χ2v) is 8.73. The molecule has 2 atom stereocenters. The van der Waals surface area contributed by atoms with Gasteiger partial charge in [-0.2, -0.15) is 23.5 Å². The predicted octanol–water partition coefficient (Wildman–Crippen LogP) is 5.65. The molecule has 1 aromatic heterocycles. The van der Waals surface area contributed by atoms with E-state index in [4.69, 9.17) is 23.2 Å². The molecule has 0 bridgehead atoms. The summed E-state index contributed by atoms with van der Waals surface area (Å²) in [6, 6.07) is 3.24. The molecule has 10 heteroatoms. The van der Waals surface area contributed by atoms with Crippen molar-refractivity contribution in [1.29, 1.82) is 5.26 Å². The maximum absolute atomic E-state index is 13.1. The van der Waals surface area contributed by atoms with Gasteiger partial charge in [0.25, 0.3) is 0 Å². The zero-order valence-corrected chi connectivity index (χ0v) is 17.6. The fourth-order valence-corrected chi connectivity index (χ4v) is 4.71. The maximum atomic E-state index is 13.1. The first-order chi connectivity index (χ1) is 14.6. The molecule has 0 amide bonds. The number of hydrogen-bond acceptors (Lipinski definition) is 4. The van der Waals surface area contributed by atoms with Gasteiger partial charge in [0.1, 0.15) is 17.5 Å². The minimum absolute atomic E-state index is 0.00522. The van der Waals surface area contributed by atoms with Crippen molar-refractivity contribution in [1.82, 2.24) is 9.78 Å². The van der Waals surface area contributed by atoms with Crippen molar-refractivity contribution in [3.05, 3.63) is 45.2 Å². The van der Waals surface area contributed by atoms with E-state index < -0.39 is 17.7 Å². The van der Waals surface area contributed by atoms with Gasteiger partial charge in [-0.3, -0.25) is 9.59 Å². The Labute approximate surface area is 185 Å². The van der Waals surface area contributed by atoms with Crippen LogP contribution in [0, 0.1) is 29.1 Å². The largest absolute Gasteiger partial charge is 0.416 e. The topological polar surface area (TPSA) is 75.8 Å². The molecule has 2 saturated carbocycles. The van der Waals surface area contributed by atoms with Gasteiger partial charge in [0.2, 0.25) is 0 Å². The molecule has 4 rings (SSSR count). The van der Waals surface area contributed by atoms with Gasteiger partial charge in [0.15, 0.2) is 11.5 Å². The number of aromatic nitrogens is 2. The van der Waals surface area contributed by atoms with Crippen molar-refractivity contribution >= 4 is 34.8 Å². The first-order valence-electron chi connectivity index (χ1n) is 9.76. The number of benzene rings is 1. The molecule has 0 aliphatic heterocycles. The number of ketones is 2. The minimum atomic E-state index is -4.64. The highest BCUT2D eigenvalue weighted by atomic mass is 35.5. The van der Waals surface area contributed by atoms with Gasteiger partial charge in [0.05, 0.1) is 21.2 Å². The van der Waals surface area contributed by atoms with Crippen molar-refractivity contribution in [2.75, 3.05) is 0 Å². The molecular formula is C21H16Cl2F3N3O2. The van der Waals surface area contributed by atoms with Crippen molar-refractivity contribution in [2.24, 2.45) is 17.8 Å². The SMILES string of the molecule is N#Cc1nn(-c2c(Cl)cc(C(F)(F)F)cc2Cl)cc1C(=O)C1CCC1C(=O)C1CCC1. The number of Topliss-reactive ketones (excluding diaryl/α,β-unsaturated/α-hetero) is 2. The second kappa shape index (κ2) is 7.95. The van der Waals surface area contributed by atoms with Crippen LogP contribution in [0.25, 0.3) is 5.69 Å². The molecule has 1 heterocycles. The molecule has 2 unspecified atom stereocenters. The first-order valence-corrected chi connectivity index (χ1v) is 10.5. The lowest BCUT2D eigenvalue weighted by Crippen LogP contribution is -2.42. The summed E-state index contributed by atoms with van der Waals surface area (Å²) in [5.41, 5.74) is -1.28. The molecule has 2 aromatic rings. The minimum Gasteiger partial charge on any atom is -0.299 e. The number of hydrogen-bond donors (Lipinski definition) is 0. The van der Waals surface area contributed by atoms with Crippen LogP contribution in [0.1, 0.15) is 53.7 Å². The number of alkyl halides is 3. The summed E-state index contributed by atoms with van der Waals surface area (Å²) in [5, 5.41) is 12.8. The zero-order valence-electron chi connectivity index (χ0n) is 16.0. The highest BCUT2D eigenvalue weighted by Crippen LogP contribution is 2.43. The lowest BCUT2D eigenvalue weighted by Gasteiger charge is -2.38. The lowest BCUT2D eigenvalue weighted by molar-refractivity contribution is -0.137. The summed E-state index contributed by atoms with van der Waals surface area (Å²) in [7, 11) is 0. The van der Waals surface area contributed by atoms with Crippen molar-refractivity contribution in [3.8, 4) is 11.8 Å². The van der Waals surface area contributed by atoms with Crippen LogP contribution in [-0.2, 0) is 11.0 Å². The second-order valence-electron chi connectivity index (χ2n) is 7.92. The number of rotatable bonds is 5. The van der Waals surface area contributed by atoms with Gasteiger partial charge in [-0.25, -0.2) is 4.68 Å². The van der Waals surface area contributed by atoms with E-state index in [1.165, 1.54) is 6.20 Å². The highest BCUT2D eigenvalue weighted by Gasteiger charge is 2.45. The monoisotopic (exact) mass is 469 g/mol. The van der Waals surface area contributed by atoms with Crippen LogP contribution in [-0.4, -0.2) is 21.3 Å². The molecule has 1 aromatic carbocycles. The van der Waals surface area contributed by atoms with Crippen LogP contribution >= 0.6 is 23.2 Å². The zero-order chi connectivity index (χ0) is 22.5. The van der Waals surface area contributed by atoms with Crippen LogP contribution in [0.5, 0.6) is 0 Å². The van der Waals surface area contributed by atoms with E-state index in [1.54, 1.807) is 0 Å². The van der Waals surface area contributed by atoms with Gasteiger partial charge >= 0.3 is 6.18 Å². The Kier molecular flexibility index (Phi) is 5.61. The Balaban J connectivity index is 1.65. The fourth-order valence-electron chi connectivity index (χ4n) is 4.05. The van der Waals surface area contributed by atoms with Crippen LogP contribution in [0.4, 0.5) is 13.2 Å². The van der Waals surface area contributed by atoms with Gasteiger partial charge in [-0.1, -0.05) is 29.6 Å². The Morgan fingerprint density at radius 1 is 1.10 bits per heavy atom. The summed E-state index contributed by atoms with van der Waals surface area (Å²) < 4.78 is 40.0. The number of nitrogens with zero attached hydrogens (tertiary/aromatic N) is 3. The van der Waals surface area contributed by atoms with E-state index in [1.807, 2.05) is 6.07 Å². The van der Waals surface area contributed by atoms with Gasteiger partial charge in [-0.15, -0.1) is 0 Å². The summed E-state index contributed by atoms with van der Waals surface area (Å²) in [6.07, 6.45) is 0.496. The lowest BCUT2D eigenvalue weighted by atomic mass is 9.63. The van der Waals surface area contributed by atoms with E-state index >= 15 is 0 Å².